The lowest BCUT2D eigenvalue weighted by atomic mass is 9.94. The molecule has 130 valence electrons. The summed E-state index contributed by atoms with van der Waals surface area (Å²) in [4.78, 5) is 2.55. The van der Waals surface area contributed by atoms with E-state index in [1.54, 1.807) is 5.57 Å². The Morgan fingerprint density at radius 2 is 1.85 bits per heavy atom. The monoisotopic (exact) mass is 343 g/mol. The molecule has 0 radical (unpaired) electrons. The molecule has 5 rings (SSSR count). The summed E-state index contributed by atoms with van der Waals surface area (Å²) in [5.41, 5.74) is 6.75. The van der Waals surface area contributed by atoms with Crippen molar-refractivity contribution in [3.63, 3.8) is 0 Å². The third-order valence-electron chi connectivity index (χ3n) is 5.50. The Kier molecular flexibility index (Phi) is 3.77. The zero-order valence-corrected chi connectivity index (χ0v) is 14.6. The average molecular weight is 343 g/mol. The maximum absolute atomic E-state index is 4.14. The van der Waals surface area contributed by atoms with Crippen LogP contribution in [-0.4, -0.2) is 20.6 Å². The molecule has 3 aromatic rings. The smallest absolute Gasteiger partial charge is 0.204 e. The second kappa shape index (κ2) is 6.41. The molecule has 0 fully saturated rings. The van der Waals surface area contributed by atoms with Crippen molar-refractivity contribution >= 4 is 5.69 Å². The molecule has 0 bridgehead atoms. The Morgan fingerprint density at radius 1 is 0.962 bits per heavy atom. The van der Waals surface area contributed by atoms with Gasteiger partial charge in [0.1, 0.15) is 0 Å². The number of tetrazole rings is 1. The number of nitrogens with one attached hydrogen (secondary N) is 1. The second-order valence-electron chi connectivity index (χ2n) is 7.04. The predicted octanol–water partition coefficient (Wildman–Crippen LogP) is 4.65. The minimum absolute atomic E-state index is 0.375. The molecule has 1 atom stereocenters. The van der Waals surface area contributed by atoms with Gasteiger partial charge in [-0.2, -0.15) is 5.21 Å². The van der Waals surface area contributed by atoms with E-state index >= 15 is 0 Å². The largest absolute Gasteiger partial charge is 0.337 e. The fourth-order valence-corrected chi connectivity index (χ4v) is 4.33. The Labute approximate surface area is 152 Å². The number of hydrogen-bond acceptors (Lipinski definition) is 4. The van der Waals surface area contributed by atoms with Crippen LogP contribution in [0.1, 0.15) is 43.7 Å². The number of rotatable bonds is 3. The normalized spacial score (nSPS) is 19.7. The second-order valence-corrected chi connectivity index (χ2v) is 7.04. The molecular weight excluding hydrogens is 322 g/mol. The summed E-state index contributed by atoms with van der Waals surface area (Å²) in [6.45, 7) is 0. The first-order valence-corrected chi connectivity index (χ1v) is 9.29. The highest BCUT2D eigenvalue weighted by Gasteiger charge is 2.34. The van der Waals surface area contributed by atoms with Gasteiger partial charge in [0.2, 0.25) is 5.82 Å². The number of allylic oxidation sites excluding steroid dienone is 1. The van der Waals surface area contributed by atoms with Gasteiger partial charge in [-0.15, -0.1) is 10.2 Å². The van der Waals surface area contributed by atoms with Gasteiger partial charge in [0.15, 0.2) is 0 Å². The van der Waals surface area contributed by atoms with Crippen LogP contribution >= 0.6 is 0 Å². The summed E-state index contributed by atoms with van der Waals surface area (Å²) in [5, 5.41) is 14.5. The standard InChI is InChI=1S/C21H21N5/c1-2-7-15(8-3-1)20-14-16-9-4-5-12-19(16)26(20)18-11-6-10-17(13-18)21-22-24-25-23-21/h1-3,6-8,10-11,13,20H,4-5,9,12,14H2,(H,22,23,24,25). The van der Waals surface area contributed by atoms with Gasteiger partial charge in [0, 0.05) is 16.9 Å². The molecule has 2 heterocycles. The highest BCUT2D eigenvalue weighted by atomic mass is 15.5. The van der Waals surface area contributed by atoms with Gasteiger partial charge < -0.3 is 4.90 Å². The number of anilines is 1. The fraction of sp³-hybridized carbons (Fsp3) is 0.286. The third kappa shape index (κ3) is 2.60. The van der Waals surface area contributed by atoms with Crippen molar-refractivity contribution in [3.05, 3.63) is 71.4 Å². The van der Waals surface area contributed by atoms with Gasteiger partial charge >= 0.3 is 0 Å². The van der Waals surface area contributed by atoms with Crippen LogP contribution in [0.2, 0.25) is 0 Å². The average Bonchev–Trinajstić information content (AvgIpc) is 3.37. The quantitative estimate of drug-likeness (QED) is 0.752. The van der Waals surface area contributed by atoms with Gasteiger partial charge in [-0.3, -0.25) is 0 Å². The van der Waals surface area contributed by atoms with Crippen molar-refractivity contribution in [2.75, 3.05) is 4.90 Å². The molecule has 1 unspecified atom stereocenters. The molecular formula is C21H21N5. The molecule has 1 aliphatic heterocycles. The molecule has 1 aliphatic carbocycles. The van der Waals surface area contributed by atoms with Crippen LogP contribution in [0.4, 0.5) is 5.69 Å². The van der Waals surface area contributed by atoms with Crippen LogP contribution < -0.4 is 4.90 Å². The molecule has 1 N–H and O–H groups in total. The molecule has 0 saturated carbocycles. The van der Waals surface area contributed by atoms with Crippen molar-refractivity contribution in [3.8, 4) is 11.4 Å². The highest BCUT2D eigenvalue weighted by Crippen LogP contribution is 2.47. The summed E-state index contributed by atoms with van der Waals surface area (Å²) in [7, 11) is 0. The van der Waals surface area contributed by atoms with E-state index in [4.69, 9.17) is 0 Å². The number of aromatic amines is 1. The summed E-state index contributed by atoms with van der Waals surface area (Å²) >= 11 is 0. The molecule has 0 spiro atoms. The van der Waals surface area contributed by atoms with Crippen LogP contribution in [0.5, 0.6) is 0 Å². The molecule has 2 aromatic carbocycles. The van der Waals surface area contributed by atoms with Crippen molar-refractivity contribution in [2.24, 2.45) is 0 Å². The fourth-order valence-electron chi connectivity index (χ4n) is 4.33. The van der Waals surface area contributed by atoms with Gasteiger partial charge in [-0.1, -0.05) is 42.5 Å². The van der Waals surface area contributed by atoms with Crippen LogP contribution in [0, 0.1) is 0 Å². The van der Waals surface area contributed by atoms with Crippen LogP contribution in [0.15, 0.2) is 65.9 Å². The van der Waals surface area contributed by atoms with Crippen LogP contribution in [0.25, 0.3) is 11.4 Å². The molecule has 2 aliphatic rings. The Hall–Kier alpha value is -2.95. The molecule has 0 amide bonds. The topological polar surface area (TPSA) is 57.7 Å². The number of nitrogens with zero attached hydrogens (tertiary/aromatic N) is 4. The summed E-state index contributed by atoms with van der Waals surface area (Å²) in [5.74, 6) is 0.639. The van der Waals surface area contributed by atoms with Crippen molar-refractivity contribution in [1.82, 2.24) is 20.6 Å². The maximum Gasteiger partial charge on any atom is 0.204 e. The first-order chi connectivity index (χ1) is 12.9. The van der Waals surface area contributed by atoms with Crippen molar-refractivity contribution in [1.29, 1.82) is 0 Å². The molecule has 0 saturated heterocycles. The lowest BCUT2D eigenvalue weighted by Crippen LogP contribution is -2.23. The third-order valence-corrected chi connectivity index (χ3v) is 5.50. The number of benzene rings is 2. The van der Waals surface area contributed by atoms with Gasteiger partial charge in [-0.05, 0) is 60.6 Å². The summed E-state index contributed by atoms with van der Waals surface area (Å²) < 4.78 is 0. The Bertz CT molecular complexity index is 930. The highest BCUT2D eigenvalue weighted by molar-refractivity contribution is 5.67. The first kappa shape index (κ1) is 15.3. The SMILES string of the molecule is c1ccc(C2CC3=C(CCCC3)N2c2cccc(-c3nn[nH]n3)c2)cc1. The van der Waals surface area contributed by atoms with E-state index in [0.717, 1.165) is 12.0 Å². The van der Waals surface area contributed by atoms with E-state index in [1.165, 1.54) is 42.6 Å². The van der Waals surface area contributed by atoms with E-state index in [1.807, 2.05) is 6.07 Å². The molecule has 5 heteroatoms. The van der Waals surface area contributed by atoms with E-state index in [0.29, 0.717) is 11.9 Å². The van der Waals surface area contributed by atoms with Crippen LogP contribution in [-0.2, 0) is 0 Å². The van der Waals surface area contributed by atoms with Gasteiger partial charge in [0.25, 0.3) is 0 Å². The summed E-state index contributed by atoms with van der Waals surface area (Å²) in [6, 6.07) is 19.8. The molecule has 1 aromatic heterocycles. The summed E-state index contributed by atoms with van der Waals surface area (Å²) in [6.07, 6.45) is 6.13. The molecule has 5 nitrogen and oxygen atoms in total. The maximum atomic E-state index is 4.14. The van der Waals surface area contributed by atoms with Crippen molar-refractivity contribution < 1.29 is 0 Å². The Morgan fingerprint density at radius 3 is 2.69 bits per heavy atom. The van der Waals surface area contributed by atoms with Gasteiger partial charge in [-0.25, -0.2) is 0 Å². The Balaban J connectivity index is 1.59. The van der Waals surface area contributed by atoms with E-state index in [2.05, 4.69) is 74.1 Å². The number of hydrogen-bond donors (Lipinski definition) is 1. The van der Waals surface area contributed by atoms with E-state index in [9.17, 15) is 0 Å². The lowest BCUT2D eigenvalue weighted by molar-refractivity contribution is 0.671. The van der Waals surface area contributed by atoms with Crippen molar-refractivity contribution in [2.45, 2.75) is 38.1 Å². The number of H-pyrrole nitrogens is 1. The first-order valence-electron chi connectivity index (χ1n) is 9.29. The van der Waals surface area contributed by atoms with Crippen LogP contribution in [0.3, 0.4) is 0 Å². The zero-order chi connectivity index (χ0) is 17.3. The van der Waals surface area contributed by atoms with E-state index < -0.39 is 0 Å². The zero-order valence-electron chi connectivity index (χ0n) is 14.6. The minimum atomic E-state index is 0.375. The minimum Gasteiger partial charge on any atom is -0.337 e. The molecule has 26 heavy (non-hydrogen) atoms. The van der Waals surface area contributed by atoms with Gasteiger partial charge in [0.05, 0.1) is 6.04 Å². The predicted molar refractivity (Wildman–Crippen MR) is 101 cm³/mol. The lowest BCUT2D eigenvalue weighted by Gasteiger charge is -2.31. The number of aromatic nitrogens is 4. The van der Waals surface area contributed by atoms with E-state index in [-0.39, 0.29) is 0 Å².